The van der Waals surface area contributed by atoms with Crippen molar-refractivity contribution in [1.82, 2.24) is 0 Å². The first kappa shape index (κ1) is 16.2. The average molecular weight is 485 g/mol. The molecule has 3 heteroatoms. The van der Waals surface area contributed by atoms with Crippen molar-refractivity contribution < 1.29 is 68.4 Å². The van der Waals surface area contributed by atoms with Crippen LogP contribution in [0, 0.1) is 17.8 Å². The van der Waals surface area contributed by atoms with Gasteiger partial charge in [0.2, 0.25) is 0 Å². The molecule has 0 amide bonds. The molecular formula is C14H15I2Ti. The van der Waals surface area contributed by atoms with E-state index < -0.39 is 0 Å². The Bertz CT molecular complexity index is 382. The van der Waals surface area contributed by atoms with Crippen LogP contribution in [0.25, 0.3) is 0 Å². The second-order valence-corrected chi connectivity index (χ2v) is 5.79. The molecule has 0 heterocycles. The van der Waals surface area contributed by atoms with E-state index in [1.54, 1.807) is 5.57 Å². The summed E-state index contributed by atoms with van der Waals surface area (Å²) in [5.41, 5.74) is 1.67. The first-order chi connectivity index (χ1) is 7.36. The van der Waals surface area contributed by atoms with Crippen LogP contribution in [0.5, 0.6) is 0 Å². The van der Waals surface area contributed by atoms with E-state index in [-0.39, 0.29) is 48.0 Å². The predicted molar refractivity (Wildman–Crippen MR) is 59.0 cm³/mol. The number of halogens is 2. The summed E-state index contributed by atoms with van der Waals surface area (Å²) in [5, 5.41) is 0. The normalized spacial score (nSPS) is 37.2. The van der Waals surface area contributed by atoms with Gasteiger partial charge in [-0.1, -0.05) is 0 Å². The third-order valence-corrected chi connectivity index (χ3v) is 5.18. The van der Waals surface area contributed by atoms with Gasteiger partial charge in [-0.15, -0.1) is 0 Å². The number of hydrogen-bond acceptors (Lipinski definition) is 0. The van der Waals surface area contributed by atoms with E-state index >= 15 is 0 Å². The molecular weight excluding hydrogens is 470 g/mol. The summed E-state index contributed by atoms with van der Waals surface area (Å²) >= 11 is 2.43. The van der Waals surface area contributed by atoms with Crippen LogP contribution in [0.2, 0.25) is 4.22 Å². The van der Waals surface area contributed by atoms with Gasteiger partial charge in [0.25, 0.3) is 0 Å². The average Bonchev–Trinajstić information content (AvgIpc) is 2.87. The van der Waals surface area contributed by atoms with Gasteiger partial charge in [0.05, 0.1) is 0 Å². The molecule has 0 bridgehead atoms. The summed E-state index contributed by atoms with van der Waals surface area (Å²) in [6.45, 7) is 0. The van der Waals surface area contributed by atoms with Gasteiger partial charge >= 0.3 is 103 Å². The molecule has 3 aliphatic rings. The molecule has 4 unspecified atom stereocenters. The van der Waals surface area contributed by atoms with Gasteiger partial charge in [-0.25, -0.2) is 0 Å². The zero-order chi connectivity index (χ0) is 10.3. The van der Waals surface area contributed by atoms with Crippen LogP contribution in [0.3, 0.4) is 0 Å². The fourth-order valence-electron chi connectivity index (χ4n) is 3.12. The molecule has 0 saturated heterocycles. The summed E-state index contributed by atoms with van der Waals surface area (Å²) in [7, 11) is 0. The van der Waals surface area contributed by atoms with Crippen molar-refractivity contribution in [2.24, 2.45) is 17.8 Å². The molecule has 3 aliphatic carbocycles. The molecule has 3 rings (SSSR count). The second kappa shape index (κ2) is 7.06. The Hall–Kier alpha value is 1.13. The van der Waals surface area contributed by atoms with Gasteiger partial charge in [-0.3, -0.25) is 0 Å². The van der Waals surface area contributed by atoms with Gasteiger partial charge < -0.3 is 48.0 Å². The molecule has 0 aromatic heterocycles. The Morgan fingerprint density at radius 2 is 1.82 bits per heavy atom. The minimum atomic E-state index is 0. The molecule has 1 fully saturated rings. The van der Waals surface area contributed by atoms with Crippen molar-refractivity contribution in [2.75, 3.05) is 0 Å². The van der Waals surface area contributed by atoms with Crippen molar-refractivity contribution >= 4 is 0 Å². The Morgan fingerprint density at radius 1 is 1.06 bits per heavy atom. The van der Waals surface area contributed by atoms with Crippen LogP contribution in [-0.2, 0) is 20.4 Å². The zero-order valence-corrected chi connectivity index (χ0v) is 15.4. The molecule has 0 N–H and O–H groups in total. The van der Waals surface area contributed by atoms with Crippen molar-refractivity contribution in [1.29, 1.82) is 0 Å². The van der Waals surface area contributed by atoms with Crippen molar-refractivity contribution in [2.45, 2.75) is 17.1 Å². The molecule has 1 saturated carbocycles. The van der Waals surface area contributed by atoms with Crippen molar-refractivity contribution in [3.05, 3.63) is 48.1 Å². The second-order valence-electron chi connectivity index (χ2n) is 4.75. The summed E-state index contributed by atoms with van der Waals surface area (Å²) in [6.07, 6.45) is 18.7. The van der Waals surface area contributed by atoms with Crippen LogP contribution in [-0.4, -0.2) is 0 Å². The monoisotopic (exact) mass is 485 g/mol. The van der Waals surface area contributed by atoms with E-state index in [4.69, 9.17) is 0 Å². The van der Waals surface area contributed by atoms with Gasteiger partial charge in [0.1, 0.15) is 0 Å². The zero-order valence-electron chi connectivity index (χ0n) is 9.52. The Labute approximate surface area is 150 Å². The molecule has 0 aromatic carbocycles. The van der Waals surface area contributed by atoms with Crippen LogP contribution in [0.15, 0.2) is 48.1 Å². The summed E-state index contributed by atoms with van der Waals surface area (Å²) in [5.74, 6) is 2.42. The Kier molecular flexibility index (Phi) is 6.72. The Balaban J connectivity index is 0.000000722. The minimum absolute atomic E-state index is 0. The SMILES string of the molecule is [I-].[I-].[Ti+2][CH]1C(C2=CC=CC2)CC2C=CC=CC21. The number of rotatable bonds is 1. The van der Waals surface area contributed by atoms with Crippen LogP contribution < -0.4 is 48.0 Å². The van der Waals surface area contributed by atoms with E-state index in [9.17, 15) is 0 Å². The van der Waals surface area contributed by atoms with Crippen molar-refractivity contribution in [3.8, 4) is 0 Å². The molecule has 0 aromatic rings. The third kappa shape index (κ3) is 3.18. The van der Waals surface area contributed by atoms with Gasteiger partial charge in [0.15, 0.2) is 0 Å². The Morgan fingerprint density at radius 3 is 2.47 bits per heavy atom. The summed E-state index contributed by atoms with van der Waals surface area (Å²) in [4.78, 5) is 0. The standard InChI is InChI=1S/C14H15.2HI.Ti/c1-2-6-11(5-1)14-9-12-7-3-4-8-13(12)10-14;;;/h1-5,7-9,12-14H,6,10H2;2*1H;/q;;;+2/p-2. The molecule has 0 radical (unpaired) electrons. The van der Waals surface area contributed by atoms with E-state index in [1.165, 1.54) is 12.8 Å². The first-order valence-corrected chi connectivity index (χ1v) is 6.68. The first-order valence-electron chi connectivity index (χ1n) is 5.78. The molecule has 17 heavy (non-hydrogen) atoms. The number of hydrogen-bond donors (Lipinski definition) is 0. The maximum absolute atomic E-state index is 2.43. The van der Waals surface area contributed by atoms with Gasteiger partial charge in [-0.05, 0) is 0 Å². The molecule has 0 aliphatic heterocycles. The van der Waals surface area contributed by atoms with Crippen LogP contribution in [0.1, 0.15) is 12.8 Å². The quantitative estimate of drug-likeness (QED) is 0.287. The molecule has 0 spiro atoms. The predicted octanol–water partition coefficient (Wildman–Crippen LogP) is -2.41. The number of allylic oxidation sites excluding steroid dienone is 8. The van der Waals surface area contributed by atoms with Gasteiger partial charge in [-0.2, -0.15) is 0 Å². The van der Waals surface area contributed by atoms with Crippen LogP contribution in [0.4, 0.5) is 0 Å². The fourth-order valence-corrected chi connectivity index (χ4v) is 4.23. The van der Waals surface area contributed by atoms with E-state index in [2.05, 4.69) is 63.0 Å². The molecule has 0 nitrogen and oxygen atoms in total. The molecule has 4 atom stereocenters. The van der Waals surface area contributed by atoms with Crippen molar-refractivity contribution in [3.63, 3.8) is 0 Å². The maximum atomic E-state index is 2.43. The topological polar surface area (TPSA) is 0 Å². The summed E-state index contributed by atoms with van der Waals surface area (Å²) in [6, 6.07) is 0. The van der Waals surface area contributed by atoms with E-state index in [0.29, 0.717) is 0 Å². The van der Waals surface area contributed by atoms with Gasteiger partial charge in [0, 0.05) is 0 Å². The van der Waals surface area contributed by atoms with E-state index in [1.807, 2.05) is 0 Å². The third-order valence-electron chi connectivity index (χ3n) is 3.95. The fraction of sp³-hybridized carbons (Fsp3) is 0.429. The van der Waals surface area contributed by atoms with E-state index in [0.717, 1.165) is 22.0 Å². The van der Waals surface area contributed by atoms with Crippen LogP contribution >= 0.6 is 0 Å². The number of fused-ring (bicyclic) bond motifs is 1. The summed E-state index contributed by atoms with van der Waals surface area (Å²) < 4.78 is 0.822. The molecule has 89 valence electrons.